The third-order valence-electron chi connectivity index (χ3n) is 3.41. The summed E-state index contributed by atoms with van der Waals surface area (Å²) >= 11 is 3.37. The summed E-state index contributed by atoms with van der Waals surface area (Å²) < 4.78 is 0.911. The van der Waals surface area contributed by atoms with Gasteiger partial charge in [0.2, 0.25) is 0 Å². The lowest BCUT2D eigenvalue weighted by molar-refractivity contribution is -0.112. The predicted octanol–water partition coefficient (Wildman–Crippen LogP) is 5.03. The van der Waals surface area contributed by atoms with E-state index in [1.165, 1.54) is 11.8 Å². The van der Waals surface area contributed by atoms with Crippen molar-refractivity contribution >= 4 is 33.2 Å². The largest absolute Gasteiger partial charge is 0.360 e. The molecule has 2 rings (SSSR count). The first-order valence-electron chi connectivity index (χ1n) is 7.53. The summed E-state index contributed by atoms with van der Waals surface area (Å²) in [6.07, 6.45) is 1.40. The van der Waals surface area contributed by atoms with E-state index in [-0.39, 0.29) is 5.57 Å². The molecule has 0 atom stereocenters. The number of nitrogens with one attached hydrogen (secondary N) is 2. The molecule has 0 radical (unpaired) electrons. The average molecular weight is 384 g/mol. The van der Waals surface area contributed by atoms with E-state index in [9.17, 15) is 10.1 Å². The molecular weight excluding hydrogens is 366 g/mol. The van der Waals surface area contributed by atoms with Gasteiger partial charge >= 0.3 is 0 Å². The van der Waals surface area contributed by atoms with Gasteiger partial charge in [-0.2, -0.15) is 5.26 Å². The Balaban J connectivity index is 2.05. The molecule has 2 N–H and O–H groups in total. The van der Waals surface area contributed by atoms with Gasteiger partial charge in [-0.1, -0.05) is 48.0 Å². The molecule has 5 heteroatoms. The molecule has 0 bridgehead atoms. The molecule has 1 amide bonds. The summed E-state index contributed by atoms with van der Waals surface area (Å²) in [6.45, 7) is 4.22. The maximum absolute atomic E-state index is 12.2. The van der Waals surface area contributed by atoms with Crippen LogP contribution in [0, 0.1) is 11.3 Å². The van der Waals surface area contributed by atoms with Crippen molar-refractivity contribution in [1.82, 2.24) is 0 Å². The van der Waals surface area contributed by atoms with Crippen LogP contribution in [0.3, 0.4) is 0 Å². The van der Waals surface area contributed by atoms with Crippen molar-refractivity contribution in [3.8, 4) is 6.07 Å². The second-order valence-corrected chi connectivity index (χ2v) is 6.47. The molecule has 0 aromatic heterocycles. The first kappa shape index (κ1) is 17.8. The molecule has 2 aromatic rings. The van der Waals surface area contributed by atoms with Gasteiger partial charge in [0.1, 0.15) is 11.6 Å². The minimum atomic E-state index is -0.447. The highest BCUT2D eigenvalue weighted by atomic mass is 79.9. The van der Waals surface area contributed by atoms with E-state index in [4.69, 9.17) is 0 Å². The molecule has 0 aliphatic carbocycles. The summed E-state index contributed by atoms with van der Waals surface area (Å²) in [6, 6.07) is 17.0. The molecule has 0 aliphatic rings. The summed E-state index contributed by atoms with van der Waals surface area (Å²) in [7, 11) is 0. The zero-order valence-corrected chi connectivity index (χ0v) is 15.1. The van der Waals surface area contributed by atoms with Crippen LogP contribution in [0.2, 0.25) is 0 Å². The number of rotatable bonds is 5. The van der Waals surface area contributed by atoms with Crippen molar-refractivity contribution in [3.63, 3.8) is 0 Å². The smallest absolute Gasteiger partial charge is 0.267 e. The average Bonchev–Trinajstić information content (AvgIpc) is 2.56. The van der Waals surface area contributed by atoms with E-state index in [1.807, 2.05) is 54.6 Å². The number of hydrogen-bond acceptors (Lipinski definition) is 3. The summed E-state index contributed by atoms with van der Waals surface area (Å²) in [5.74, 6) is -0.0176. The topological polar surface area (TPSA) is 64.9 Å². The fourth-order valence-corrected chi connectivity index (χ4v) is 2.43. The van der Waals surface area contributed by atoms with Gasteiger partial charge in [0, 0.05) is 22.0 Å². The van der Waals surface area contributed by atoms with Crippen molar-refractivity contribution < 1.29 is 4.79 Å². The van der Waals surface area contributed by atoms with Crippen LogP contribution in [-0.4, -0.2) is 5.91 Å². The summed E-state index contributed by atoms with van der Waals surface area (Å²) in [4.78, 5) is 12.2. The maximum atomic E-state index is 12.2. The maximum Gasteiger partial charge on any atom is 0.267 e. The molecule has 0 aliphatic heterocycles. The highest BCUT2D eigenvalue weighted by Gasteiger charge is 2.09. The Labute approximate surface area is 150 Å². The third kappa shape index (κ3) is 4.97. The molecule has 4 nitrogen and oxygen atoms in total. The summed E-state index contributed by atoms with van der Waals surface area (Å²) in [5, 5.41) is 14.9. The number of nitrogens with zero attached hydrogens (tertiary/aromatic N) is 1. The number of halogens is 1. The Hall–Kier alpha value is -2.58. The first-order valence-corrected chi connectivity index (χ1v) is 8.32. The van der Waals surface area contributed by atoms with Crippen LogP contribution in [0.5, 0.6) is 0 Å². The second-order valence-electron chi connectivity index (χ2n) is 5.56. The minimum Gasteiger partial charge on any atom is -0.360 e. The van der Waals surface area contributed by atoms with E-state index in [2.05, 4.69) is 40.4 Å². The van der Waals surface area contributed by atoms with E-state index in [0.29, 0.717) is 11.6 Å². The van der Waals surface area contributed by atoms with Crippen LogP contribution in [0.25, 0.3) is 0 Å². The number of carbonyl (C=O) groups is 1. The SMILES string of the molecule is CC(C)c1ccc(NC(=O)/C(C#N)=C\Nc2cccc(Br)c2)cc1. The van der Waals surface area contributed by atoms with Gasteiger partial charge in [0.05, 0.1) is 0 Å². The lowest BCUT2D eigenvalue weighted by Gasteiger charge is -2.08. The van der Waals surface area contributed by atoms with Gasteiger partial charge in [-0.05, 0) is 41.8 Å². The molecule has 0 heterocycles. The van der Waals surface area contributed by atoms with Crippen LogP contribution in [0.1, 0.15) is 25.3 Å². The third-order valence-corrected chi connectivity index (χ3v) is 3.90. The van der Waals surface area contributed by atoms with Crippen LogP contribution >= 0.6 is 15.9 Å². The molecule has 24 heavy (non-hydrogen) atoms. The highest BCUT2D eigenvalue weighted by molar-refractivity contribution is 9.10. The van der Waals surface area contributed by atoms with Crippen LogP contribution in [0.4, 0.5) is 11.4 Å². The minimum absolute atomic E-state index is 0.00270. The molecule has 122 valence electrons. The first-order chi connectivity index (χ1) is 11.5. The number of carbonyl (C=O) groups excluding carboxylic acids is 1. The normalized spacial score (nSPS) is 11.0. The number of nitriles is 1. The Morgan fingerprint density at radius 2 is 1.88 bits per heavy atom. The standard InChI is InChI=1S/C19H18BrN3O/c1-13(2)14-6-8-17(9-7-14)23-19(24)15(11-21)12-22-18-5-3-4-16(20)10-18/h3-10,12-13,22H,1-2H3,(H,23,24)/b15-12-. The monoisotopic (exact) mass is 383 g/mol. The Bertz CT molecular complexity index is 789. The van der Waals surface area contributed by atoms with E-state index < -0.39 is 5.91 Å². The van der Waals surface area contributed by atoms with Gasteiger partial charge in [-0.25, -0.2) is 0 Å². The van der Waals surface area contributed by atoms with Crippen LogP contribution < -0.4 is 10.6 Å². The fourth-order valence-electron chi connectivity index (χ4n) is 2.03. The van der Waals surface area contributed by atoms with Crippen molar-refractivity contribution in [3.05, 3.63) is 70.3 Å². The zero-order chi connectivity index (χ0) is 17.5. The quantitative estimate of drug-likeness (QED) is 0.561. The van der Waals surface area contributed by atoms with Gasteiger partial charge in [0.25, 0.3) is 5.91 Å². The van der Waals surface area contributed by atoms with E-state index >= 15 is 0 Å². The summed E-state index contributed by atoms with van der Waals surface area (Å²) in [5.41, 5.74) is 2.64. The van der Waals surface area contributed by atoms with E-state index in [1.54, 1.807) is 0 Å². The van der Waals surface area contributed by atoms with Gasteiger partial charge < -0.3 is 10.6 Å². The molecule has 0 unspecified atom stereocenters. The van der Waals surface area contributed by atoms with Crippen LogP contribution in [-0.2, 0) is 4.79 Å². The highest BCUT2D eigenvalue weighted by Crippen LogP contribution is 2.18. The van der Waals surface area contributed by atoms with Crippen molar-refractivity contribution in [2.24, 2.45) is 0 Å². The van der Waals surface area contributed by atoms with Gasteiger partial charge in [0.15, 0.2) is 0 Å². The van der Waals surface area contributed by atoms with Crippen molar-refractivity contribution in [2.75, 3.05) is 10.6 Å². The number of benzene rings is 2. The van der Waals surface area contributed by atoms with E-state index in [0.717, 1.165) is 10.2 Å². The molecule has 0 fully saturated rings. The molecule has 0 saturated carbocycles. The Morgan fingerprint density at radius 1 is 1.17 bits per heavy atom. The van der Waals surface area contributed by atoms with Crippen molar-refractivity contribution in [2.45, 2.75) is 19.8 Å². The van der Waals surface area contributed by atoms with Gasteiger partial charge in [-0.15, -0.1) is 0 Å². The molecule has 0 saturated heterocycles. The number of amides is 1. The fraction of sp³-hybridized carbons (Fsp3) is 0.158. The number of hydrogen-bond donors (Lipinski definition) is 2. The van der Waals surface area contributed by atoms with Crippen molar-refractivity contribution in [1.29, 1.82) is 5.26 Å². The lowest BCUT2D eigenvalue weighted by Crippen LogP contribution is -2.14. The predicted molar refractivity (Wildman–Crippen MR) is 101 cm³/mol. The number of anilines is 2. The molecule has 0 spiro atoms. The van der Waals surface area contributed by atoms with Gasteiger partial charge in [-0.3, -0.25) is 4.79 Å². The Morgan fingerprint density at radius 3 is 2.46 bits per heavy atom. The van der Waals surface area contributed by atoms with Crippen LogP contribution in [0.15, 0.2) is 64.8 Å². The Kier molecular flexibility index (Phi) is 6.16. The zero-order valence-electron chi connectivity index (χ0n) is 13.5. The lowest BCUT2D eigenvalue weighted by atomic mass is 10.0. The second kappa shape index (κ2) is 8.32. The molecular formula is C19H18BrN3O. The molecule has 2 aromatic carbocycles.